The van der Waals surface area contributed by atoms with Crippen molar-refractivity contribution < 1.29 is 9.53 Å². The van der Waals surface area contributed by atoms with Crippen LogP contribution in [0.2, 0.25) is 0 Å². The van der Waals surface area contributed by atoms with Crippen LogP contribution in [0.3, 0.4) is 0 Å². The Kier molecular flexibility index (Phi) is 6.32. The number of hydrogen-bond acceptors (Lipinski definition) is 3. The van der Waals surface area contributed by atoms with Crippen molar-refractivity contribution in [3.05, 3.63) is 101 Å². The molecular weight excluding hydrogens is 360 g/mol. The molecular formula is C25H26N2O2. The first-order valence-corrected chi connectivity index (χ1v) is 10.2. The van der Waals surface area contributed by atoms with Crippen molar-refractivity contribution in [2.45, 2.75) is 25.4 Å². The van der Waals surface area contributed by atoms with Crippen LogP contribution in [-0.4, -0.2) is 35.5 Å². The summed E-state index contributed by atoms with van der Waals surface area (Å²) in [6.07, 6.45) is 1.92. The molecule has 148 valence electrons. The normalized spacial score (nSPS) is 16.6. The van der Waals surface area contributed by atoms with Crippen molar-refractivity contribution in [3.8, 4) is 0 Å². The first-order valence-electron chi connectivity index (χ1n) is 10.2. The van der Waals surface area contributed by atoms with Gasteiger partial charge in [-0.05, 0) is 29.7 Å². The average molecular weight is 386 g/mol. The maximum Gasteiger partial charge on any atom is 0.223 e. The third-order valence-corrected chi connectivity index (χ3v) is 5.28. The number of nitrogens with zero attached hydrogens (tertiary/aromatic N) is 2. The van der Waals surface area contributed by atoms with E-state index < -0.39 is 0 Å². The number of aryl methyl sites for hydroxylation is 1. The van der Waals surface area contributed by atoms with Gasteiger partial charge in [0.2, 0.25) is 5.91 Å². The van der Waals surface area contributed by atoms with Crippen LogP contribution in [0.1, 0.15) is 35.0 Å². The molecule has 0 bridgehead atoms. The van der Waals surface area contributed by atoms with Crippen molar-refractivity contribution in [3.63, 3.8) is 0 Å². The minimum absolute atomic E-state index is 0.167. The summed E-state index contributed by atoms with van der Waals surface area (Å²) in [5.41, 5.74) is 4.35. The molecule has 1 saturated heterocycles. The molecule has 1 aliphatic heterocycles. The van der Waals surface area contributed by atoms with E-state index in [1.54, 1.807) is 0 Å². The molecule has 1 aliphatic rings. The van der Waals surface area contributed by atoms with Gasteiger partial charge < -0.3 is 9.64 Å². The van der Waals surface area contributed by atoms with Gasteiger partial charge >= 0.3 is 0 Å². The van der Waals surface area contributed by atoms with E-state index in [2.05, 4.69) is 24.3 Å². The van der Waals surface area contributed by atoms with Crippen LogP contribution in [-0.2, 0) is 22.4 Å². The second-order valence-corrected chi connectivity index (χ2v) is 7.40. The molecule has 1 aromatic heterocycles. The van der Waals surface area contributed by atoms with Crippen LogP contribution >= 0.6 is 0 Å². The van der Waals surface area contributed by atoms with E-state index in [4.69, 9.17) is 9.72 Å². The summed E-state index contributed by atoms with van der Waals surface area (Å²) in [4.78, 5) is 19.4. The summed E-state index contributed by atoms with van der Waals surface area (Å²) in [6.45, 7) is 1.76. The molecule has 4 nitrogen and oxygen atoms in total. The Morgan fingerprint density at radius 3 is 2.41 bits per heavy atom. The summed E-state index contributed by atoms with van der Waals surface area (Å²) in [5, 5.41) is 0. The molecule has 0 N–H and O–H groups in total. The lowest BCUT2D eigenvalue weighted by Gasteiger charge is -2.33. The van der Waals surface area contributed by atoms with Crippen molar-refractivity contribution in [1.29, 1.82) is 0 Å². The van der Waals surface area contributed by atoms with Crippen molar-refractivity contribution in [1.82, 2.24) is 9.88 Å². The molecule has 2 heterocycles. The molecule has 3 aromatic rings. The second-order valence-electron chi connectivity index (χ2n) is 7.40. The largest absolute Gasteiger partial charge is 0.368 e. The first-order chi connectivity index (χ1) is 14.3. The highest BCUT2D eigenvalue weighted by molar-refractivity contribution is 5.76. The summed E-state index contributed by atoms with van der Waals surface area (Å²) in [6, 6.07) is 26.6. The zero-order chi connectivity index (χ0) is 19.9. The number of pyridine rings is 1. The summed E-state index contributed by atoms with van der Waals surface area (Å²) < 4.78 is 5.96. The lowest BCUT2D eigenvalue weighted by molar-refractivity contribution is -0.139. The van der Waals surface area contributed by atoms with Crippen molar-refractivity contribution in [2.75, 3.05) is 19.7 Å². The van der Waals surface area contributed by atoms with Gasteiger partial charge in [-0.3, -0.25) is 9.78 Å². The number of carbonyl (C=O) groups excluding carboxylic acids is 1. The third kappa shape index (κ3) is 5.30. The van der Waals surface area contributed by atoms with Crippen LogP contribution in [0.5, 0.6) is 0 Å². The average Bonchev–Trinajstić information content (AvgIpc) is 2.79. The van der Waals surface area contributed by atoms with Crippen LogP contribution in [0.4, 0.5) is 0 Å². The van der Waals surface area contributed by atoms with Gasteiger partial charge in [-0.25, -0.2) is 0 Å². The molecule has 1 amide bonds. The molecule has 0 aliphatic carbocycles. The molecule has 1 atom stereocenters. The van der Waals surface area contributed by atoms with Gasteiger partial charge in [0.1, 0.15) is 6.10 Å². The number of amides is 1. The predicted molar refractivity (Wildman–Crippen MR) is 114 cm³/mol. The lowest BCUT2D eigenvalue weighted by atomic mass is 10.1. The van der Waals surface area contributed by atoms with Crippen LogP contribution in [0.25, 0.3) is 0 Å². The van der Waals surface area contributed by atoms with Crippen molar-refractivity contribution >= 4 is 5.91 Å². The Labute approximate surface area is 172 Å². The van der Waals surface area contributed by atoms with Gasteiger partial charge in [-0.15, -0.1) is 0 Å². The summed E-state index contributed by atoms with van der Waals surface area (Å²) >= 11 is 0. The Hall–Kier alpha value is -2.98. The molecule has 0 saturated carbocycles. The molecule has 1 fully saturated rings. The van der Waals surface area contributed by atoms with E-state index in [1.165, 1.54) is 11.1 Å². The van der Waals surface area contributed by atoms with Gasteiger partial charge in [0.05, 0.1) is 18.8 Å². The number of morpholine rings is 1. The Morgan fingerprint density at radius 2 is 1.66 bits per heavy atom. The van der Waals surface area contributed by atoms with Gasteiger partial charge in [-0.2, -0.15) is 0 Å². The molecule has 0 radical (unpaired) electrons. The maximum atomic E-state index is 12.7. The topological polar surface area (TPSA) is 42.4 Å². The fourth-order valence-corrected chi connectivity index (χ4v) is 3.69. The highest BCUT2D eigenvalue weighted by atomic mass is 16.5. The minimum atomic E-state index is -0.167. The molecule has 0 unspecified atom stereocenters. The highest BCUT2D eigenvalue weighted by Crippen LogP contribution is 2.22. The van der Waals surface area contributed by atoms with Gasteiger partial charge in [0.25, 0.3) is 0 Å². The van der Waals surface area contributed by atoms with E-state index in [0.717, 1.165) is 24.2 Å². The fourth-order valence-electron chi connectivity index (χ4n) is 3.69. The second kappa shape index (κ2) is 9.48. The van der Waals surface area contributed by atoms with Gasteiger partial charge in [0, 0.05) is 25.1 Å². The van der Waals surface area contributed by atoms with E-state index >= 15 is 0 Å². The summed E-state index contributed by atoms with van der Waals surface area (Å²) in [5.74, 6) is 0.183. The Morgan fingerprint density at radius 1 is 0.931 bits per heavy atom. The minimum Gasteiger partial charge on any atom is -0.368 e. The lowest BCUT2D eigenvalue weighted by Crippen LogP contribution is -2.42. The molecule has 4 rings (SSSR count). The number of carbonyl (C=O) groups is 1. The predicted octanol–water partition coefficient (Wildman–Crippen LogP) is 4.21. The SMILES string of the molecule is O=C(CCc1ccccc1)N1CCO[C@@H](c2cccc(Cc3ccccc3)n2)C1. The summed E-state index contributed by atoms with van der Waals surface area (Å²) in [7, 11) is 0. The zero-order valence-corrected chi connectivity index (χ0v) is 16.5. The van der Waals surface area contributed by atoms with Crippen LogP contribution < -0.4 is 0 Å². The van der Waals surface area contributed by atoms with E-state index in [1.807, 2.05) is 59.5 Å². The van der Waals surface area contributed by atoms with Crippen LogP contribution in [0.15, 0.2) is 78.9 Å². The maximum absolute atomic E-state index is 12.7. The number of hydrogen-bond donors (Lipinski definition) is 0. The number of benzene rings is 2. The van der Waals surface area contributed by atoms with Gasteiger partial charge in [-0.1, -0.05) is 66.7 Å². The standard InChI is InChI=1S/C25H26N2O2/c28-25(15-14-20-8-3-1-4-9-20)27-16-17-29-24(19-27)23-13-7-12-22(26-23)18-21-10-5-2-6-11-21/h1-13,24H,14-19H2/t24-/m1/s1. The molecule has 4 heteroatoms. The smallest absolute Gasteiger partial charge is 0.223 e. The molecule has 29 heavy (non-hydrogen) atoms. The Balaban J connectivity index is 1.38. The van der Waals surface area contributed by atoms with E-state index in [0.29, 0.717) is 26.1 Å². The number of ether oxygens (including phenoxy) is 1. The number of aromatic nitrogens is 1. The van der Waals surface area contributed by atoms with Crippen molar-refractivity contribution in [2.24, 2.45) is 0 Å². The molecule has 2 aromatic carbocycles. The number of rotatable bonds is 6. The molecule has 0 spiro atoms. The highest BCUT2D eigenvalue weighted by Gasteiger charge is 2.26. The van der Waals surface area contributed by atoms with Crippen LogP contribution in [0, 0.1) is 0 Å². The fraction of sp³-hybridized carbons (Fsp3) is 0.280. The third-order valence-electron chi connectivity index (χ3n) is 5.28. The van der Waals surface area contributed by atoms with E-state index in [9.17, 15) is 4.79 Å². The zero-order valence-electron chi connectivity index (χ0n) is 16.5. The first kappa shape index (κ1) is 19.3. The quantitative estimate of drug-likeness (QED) is 0.637. The van der Waals surface area contributed by atoms with E-state index in [-0.39, 0.29) is 12.0 Å². The Bertz CT molecular complexity index is 928. The monoisotopic (exact) mass is 386 g/mol. The van der Waals surface area contributed by atoms with Gasteiger partial charge in [0.15, 0.2) is 0 Å².